The summed E-state index contributed by atoms with van der Waals surface area (Å²) in [4.78, 5) is 23.7. The largest absolute Gasteiger partial charge is 0.469 e. The highest BCUT2D eigenvalue weighted by Crippen LogP contribution is 2.34. The summed E-state index contributed by atoms with van der Waals surface area (Å²) in [5, 5.41) is 15.5. The van der Waals surface area contributed by atoms with Gasteiger partial charge in [0.1, 0.15) is 5.69 Å². The van der Waals surface area contributed by atoms with Gasteiger partial charge in [-0.15, -0.1) is 0 Å². The highest BCUT2D eigenvalue weighted by Gasteiger charge is 2.30. The molecule has 0 radical (unpaired) electrons. The summed E-state index contributed by atoms with van der Waals surface area (Å²) in [6.45, 7) is 4.03. The molecule has 0 saturated heterocycles. The van der Waals surface area contributed by atoms with Gasteiger partial charge in [-0.05, 0) is 0 Å². The summed E-state index contributed by atoms with van der Waals surface area (Å²) in [6, 6.07) is 0. The van der Waals surface area contributed by atoms with E-state index in [0.29, 0.717) is 18.1 Å². The Labute approximate surface area is 117 Å². The summed E-state index contributed by atoms with van der Waals surface area (Å²) < 4.78 is 6.04. The molecular weight excluding hydrogens is 264 g/mol. The van der Waals surface area contributed by atoms with Crippen LogP contribution in [0.2, 0.25) is 0 Å². The van der Waals surface area contributed by atoms with Crippen LogP contribution in [0.25, 0.3) is 0 Å². The molecule has 0 fully saturated rings. The molecule has 0 atom stereocenters. The van der Waals surface area contributed by atoms with Gasteiger partial charge in [0, 0.05) is 26.6 Å². The van der Waals surface area contributed by atoms with E-state index in [1.165, 1.54) is 11.8 Å². The maximum absolute atomic E-state index is 11.3. The predicted octanol–water partition coefficient (Wildman–Crippen LogP) is 1.45. The quantitative estimate of drug-likeness (QED) is 0.446. The molecule has 0 aliphatic rings. The SMILES string of the molecule is COC(=O)CCN(C)c1c([N+](=O)[O-])c(C(C)C)nn1C. The number of rotatable bonds is 6. The number of nitro groups is 1. The van der Waals surface area contributed by atoms with E-state index in [9.17, 15) is 14.9 Å². The summed E-state index contributed by atoms with van der Waals surface area (Å²) >= 11 is 0. The lowest BCUT2D eigenvalue weighted by atomic mass is 10.1. The standard InChI is InChI=1S/C12H20N4O4/c1-8(2)10-11(16(18)19)12(15(4)13-10)14(3)7-6-9(17)20-5/h8H,6-7H2,1-5H3. The minimum Gasteiger partial charge on any atom is -0.469 e. The van der Waals surface area contributed by atoms with E-state index in [1.807, 2.05) is 13.8 Å². The lowest BCUT2D eigenvalue weighted by Crippen LogP contribution is -2.24. The molecule has 0 aliphatic heterocycles. The average Bonchev–Trinajstić information content (AvgIpc) is 2.73. The van der Waals surface area contributed by atoms with E-state index >= 15 is 0 Å². The van der Waals surface area contributed by atoms with Gasteiger partial charge in [0.15, 0.2) is 0 Å². The molecule has 0 unspecified atom stereocenters. The van der Waals surface area contributed by atoms with Crippen molar-refractivity contribution in [1.29, 1.82) is 0 Å². The first-order valence-electron chi connectivity index (χ1n) is 6.28. The van der Waals surface area contributed by atoms with Crippen LogP contribution in [0.1, 0.15) is 31.9 Å². The Kier molecular flexibility index (Phi) is 5.06. The minimum atomic E-state index is -0.424. The van der Waals surface area contributed by atoms with Crippen LogP contribution in [-0.2, 0) is 16.6 Å². The summed E-state index contributed by atoms with van der Waals surface area (Å²) in [5.74, 6) is -0.0160. The fraction of sp³-hybridized carbons (Fsp3) is 0.667. The number of carbonyl (C=O) groups excluding carboxylic acids is 1. The van der Waals surface area contributed by atoms with E-state index in [4.69, 9.17) is 0 Å². The van der Waals surface area contributed by atoms with Crippen molar-refractivity contribution in [3.63, 3.8) is 0 Å². The van der Waals surface area contributed by atoms with Gasteiger partial charge in [-0.2, -0.15) is 5.10 Å². The van der Waals surface area contributed by atoms with Gasteiger partial charge in [-0.25, -0.2) is 4.68 Å². The van der Waals surface area contributed by atoms with Gasteiger partial charge >= 0.3 is 11.7 Å². The fourth-order valence-corrected chi connectivity index (χ4v) is 1.98. The van der Waals surface area contributed by atoms with Crippen molar-refractivity contribution in [3.8, 4) is 0 Å². The maximum atomic E-state index is 11.3. The molecule has 0 spiro atoms. The van der Waals surface area contributed by atoms with Crippen LogP contribution >= 0.6 is 0 Å². The van der Waals surface area contributed by atoms with Gasteiger partial charge in [-0.3, -0.25) is 14.9 Å². The number of nitrogens with zero attached hydrogens (tertiary/aromatic N) is 4. The Balaban J connectivity index is 3.10. The number of hydrogen-bond acceptors (Lipinski definition) is 6. The van der Waals surface area contributed by atoms with Gasteiger partial charge in [0.05, 0.1) is 18.5 Å². The molecule has 1 aromatic rings. The van der Waals surface area contributed by atoms with Crippen LogP contribution in [0, 0.1) is 10.1 Å². The fourth-order valence-electron chi connectivity index (χ4n) is 1.98. The van der Waals surface area contributed by atoms with Crippen LogP contribution in [0.5, 0.6) is 0 Å². The Bertz CT molecular complexity index is 510. The third-order valence-electron chi connectivity index (χ3n) is 2.99. The molecule has 8 nitrogen and oxygen atoms in total. The number of carbonyl (C=O) groups is 1. The Hall–Kier alpha value is -2.12. The van der Waals surface area contributed by atoms with Crippen molar-refractivity contribution < 1.29 is 14.5 Å². The zero-order valence-corrected chi connectivity index (χ0v) is 12.4. The van der Waals surface area contributed by atoms with Crippen LogP contribution in [0.4, 0.5) is 11.5 Å². The zero-order valence-electron chi connectivity index (χ0n) is 12.4. The second-order valence-electron chi connectivity index (χ2n) is 4.84. The molecule has 112 valence electrons. The van der Waals surface area contributed by atoms with Crippen molar-refractivity contribution in [2.45, 2.75) is 26.2 Å². The lowest BCUT2D eigenvalue weighted by molar-refractivity contribution is -0.385. The van der Waals surface area contributed by atoms with Crippen molar-refractivity contribution in [1.82, 2.24) is 9.78 Å². The normalized spacial score (nSPS) is 10.7. The summed E-state index contributed by atoms with van der Waals surface area (Å²) in [7, 11) is 4.66. The van der Waals surface area contributed by atoms with E-state index in [-0.39, 0.29) is 24.0 Å². The number of aromatic nitrogens is 2. The number of esters is 1. The smallest absolute Gasteiger partial charge is 0.334 e. The van der Waals surface area contributed by atoms with Crippen molar-refractivity contribution in [2.24, 2.45) is 7.05 Å². The van der Waals surface area contributed by atoms with Crippen molar-refractivity contribution in [3.05, 3.63) is 15.8 Å². The first-order valence-corrected chi connectivity index (χ1v) is 6.28. The van der Waals surface area contributed by atoms with Gasteiger partial charge in [-0.1, -0.05) is 13.8 Å². The number of anilines is 1. The molecule has 0 aliphatic carbocycles. The monoisotopic (exact) mass is 284 g/mol. The van der Waals surface area contributed by atoms with Crippen LogP contribution in [0.3, 0.4) is 0 Å². The van der Waals surface area contributed by atoms with Crippen LogP contribution < -0.4 is 4.90 Å². The second kappa shape index (κ2) is 6.36. The molecule has 0 amide bonds. The Morgan fingerprint density at radius 2 is 2.15 bits per heavy atom. The lowest BCUT2D eigenvalue weighted by Gasteiger charge is -2.17. The molecule has 1 rings (SSSR count). The molecule has 0 aromatic carbocycles. The topological polar surface area (TPSA) is 90.5 Å². The molecule has 0 bridgehead atoms. The Morgan fingerprint density at radius 3 is 2.60 bits per heavy atom. The van der Waals surface area contributed by atoms with E-state index in [1.54, 1.807) is 19.0 Å². The number of hydrogen-bond donors (Lipinski definition) is 0. The van der Waals surface area contributed by atoms with Gasteiger partial charge in [0.25, 0.3) is 0 Å². The van der Waals surface area contributed by atoms with Gasteiger partial charge in [0.2, 0.25) is 5.82 Å². The van der Waals surface area contributed by atoms with Gasteiger partial charge < -0.3 is 9.64 Å². The number of methoxy groups -OCH3 is 1. The van der Waals surface area contributed by atoms with Crippen molar-refractivity contribution >= 4 is 17.5 Å². The van der Waals surface area contributed by atoms with E-state index in [0.717, 1.165) is 0 Å². The average molecular weight is 284 g/mol. The molecule has 20 heavy (non-hydrogen) atoms. The van der Waals surface area contributed by atoms with E-state index < -0.39 is 4.92 Å². The number of aryl methyl sites for hydroxylation is 1. The summed E-state index contributed by atoms with van der Waals surface area (Å²) in [5.41, 5.74) is 0.437. The molecule has 1 aromatic heterocycles. The number of ether oxygens (including phenoxy) is 1. The predicted molar refractivity (Wildman–Crippen MR) is 73.9 cm³/mol. The minimum absolute atomic E-state index is 0.00475. The molecular formula is C12H20N4O4. The molecule has 8 heteroatoms. The molecule has 0 N–H and O–H groups in total. The first-order chi connectivity index (χ1) is 9.29. The van der Waals surface area contributed by atoms with E-state index in [2.05, 4.69) is 9.84 Å². The maximum Gasteiger partial charge on any atom is 0.334 e. The zero-order chi connectivity index (χ0) is 15.4. The Morgan fingerprint density at radius 1 is 1.55 bits per heavy atom. The molecule has 1 heterocycles. The summed E-state index contributed by atoms with van der Waals surface area (Å²) in [6.07, 6.45) is 0.159. The third-order valence-corrected chi connectivity index (χ3v) is 2.99. The first kappa shape index (κ1) is 15.9. The van der Waals surface area contributed by atoms with Crippen molar-refractivity contribution in [2.75, 3.05) is 25.6 Å². The van der Waals surface area contributed by atoms with Crippen LogP contribution in [-0.4, -0.2) is 41.4 Å². The highest BCUT2D eigenvalue weighted by molar-refractivity contribution is 5.70. The highest BCUT2D eigenvalue weighted by atomic mass is 16.6. The molecule has 0 saturated carbocycles. The van der Waals surface area contributed by atoms with Crippen LogP contribution in [0.15, 0.2) is 0 Å². The third kappa shape index (κ3) is 3.25. The second-order valence-corrected chi connectivity index (χ2v) is 4.84.